The maximum Gasteiger partial charge on any atom is 0.270 e. The Morgan fingerprint density at radius 2 is 1.86 bits per heavy atom. The van der Waals surface area contributed by atoms with Crippen LogP contribution in [0, 0.1) is 10.8 Å². The molecule has 2 amide bonds. The minimum absolute atomic E-state index is 0.0931. The lowest BCUT2D eigenvalue weighted by molar-refractivity contribution is -0.114. The SMILES string of the molecule is CC(C)(C)n1cc2c(n1)C(=O)CC1(CCN(C(=O)c3ccc(C(=N)C(=O)NC4CC4)c(N)c3)CC1)C2. The van der Waals surface area contributed by atoms with Crippen LogP contribution in [0.25, 0.3) is 0 Å². The highest BCUT2D eigenvalue weighted by molar-refractivity contribution is 6.45. The van der Waals surface area contributed by atoms with Gasteiger partial charge in [-0.3, -0.25) is 24.5 Å². The quantitative estimate of drug-likeness (QED) is 0.447. The number of amides is 2. The number of aromatic nitrogens is 2. The molecule has 36 heavy (non-hydrogen) atoms. The minimum atomic E-state index is -0.442. The van der Waals surface area contributed by atoms with Crippen molar-refractivity contribution in [1.29, 1.82) is 5.41 Å². The Morgan fingerprint density at radius 3 is 2.47 bits per heavy atom. The van der Waals surface area contributed by atoms with E-state index in [-0.39, 0.29) is 40.1 Å². The van der Waals surface area contributed by atoms with Crippen molar-refractivity contribution in [1.82, 2.24) is 20.0 Å². The number of fused-ring (bicyclic) bond motifs is 1. The second-order valence-electron chi connectivity index (χ2n) is 11.6. The molecule has 1 saturated carbocycles. The molecule has 1 aromatic heterocycles. The molecule has 0 unspecified atom stereocenters. The third-order valence-electron chi connectivity index (χ3n) is 7.66. The summed E-state index contributed by atoms with van der Waals surface area (Å²) in [6.07, 6.45) is 6.67. The number of benzene rings is 1. The monoisotopic (exact) mass is 490 g/mol. The first-order valence-electron chi connectivity index (χ1n) is 12.7. The van der Waals surface area contributed by atoms with Gasteiger partial charge in [-0.25, -0.2) is 0 Å². The highest BCUT2D eigenvalue weighted by Crippen LogP contribution is 2.43. The first-order valence-corrected chi connectivity index (χ1v) is 12.7. The molecule has 2 fully saturated rings. The van der Waals surface area contributed by atoms with Crippen LogP contribution in [0.15, 0.2) is 24.4 Å². The highest BCUT2D eigenvalue weighted by Gasteiger charge is 2.43. The fourth-order valence-electron chi connectivity index (χ4n) is 5.26. The van der Waals surface area contributed by atoms with Crippen molar-refractivity contribution in [2.75, 3.05) is 18.8 Å². The maximum absolute atomic E-state index is 13.2. The molecule has 2 aliphatic carbocycles. The molecular formula is C27H34N6O3. The van der Waals surface area contributed by atoms with Crippen LogP contribution in [0.3, 0.4) is 0 Å². The smallest absolute Gasteiger partial charge is 0.270 e. The van der Waals surface area contributed by atoms with Gasteiger partial charge in [0, 0.05) is 54.1 Å². The third-order valence-corrected chi connectivity index (χ3v) is 7.66. The number of piperidine rings is 1. The van der Waals surface area contributed by atoms with E-state index in [0.717, 1.165) is 37.7 Å². The van der Waals surface area contributed by atoms with E-state index in [1.807, 2.05) is 15.8 Å². The van der Waals surface area contributed by atoms with Crippen LogP contribution in [0.2, 0.25) is 0 Å². The van der Waals surface area contributed by atoms with E-state index >= 15 is 0 Å². The van der Waals surface area contributed by atoms with Gasteiger partial charge in [-0.1, -0.05) is 0 Å². The molecule has 0 atom stereocenters. The zero-order chi connectivity index (χ0) is 25.8. The Morgan fingerprint density at radius 1 is 1.17 bits per heavy atom. The molecule has 190 valence electrons. The van der Waals surface area contributed by atoms with E-state index in [9.17, 15) is 14.4 Å². The summed E-state index contributed by atoms with van der Waals surface area (Å²) in [5, 5.41) is 15.5. The molecule has 5 rings (SSSR count). The molecule has 1 aliphatic heterocycles. The summed E-state index contributed by atoms with van der Waals surface area (Å²) in [5.41, 5.74) is 8.25. The van der Waals surface area contributed by atoms with Gasteiger partial charge >= 0.3 is 0 Å². The molecule has 0 bridgehead atoms. The van der Waals surface area contributed by atoms with Crippen molar-refractivity contribution in [2.24, 2.45) is 5.41 Å². The van der Waals surface area contributed by atoms with E-state index in [4.69, 9.17) is 11.1 Å². The molecule has 1 aromatic carbocycles. The predicted molar refractivity (Wildman–Crippen MR) is 136 cm³/mol. The number of carbonyl (C=O) groups excluding carboxylic acids is 3. The second kappa shape index (κ2) is 8.57. The van der Waals surface area contributed by atoms with Crippen LogP contribution in [-0.2, 0) is 16.8 Å². The Bertz CT molecular complexity index is 1260. The fraction of sp³-hybridized carbons (Fsp3) is 0.519. The third kappa shape index (κ3) is 4.54. The number of anilines is 1. The van der Waals surface area contributed by atoms with Crippen molar-refractivity contribution >= 4 is 29.0 Å². The van der Waals surface area contributed by atoms with Gasteiger partial charge in [-0.2, -0.15) is 5.10 Å². The van der Waals surface area contributed by atoms with Gasteiger partial charge in [0.05, 0.1) is 5.54 Å². The summed E-state index contributed by atoms with van der Waals surface area (Å²) in [6.45, 7) is 7.34. The van der Waals surface area contributed by atoms with Crippen molar-refractivity contribution in [2.45, 2.75) is 70.9 Å². The van der Waals surface area contributed by atoms with Gasteiger partial charge in [0.2, 0.25) is 0 Å². The van der Waals surface area contributed by atoms with Crippen molar-refractivity contribution in [3.63, 3.8) is 0 Å². The second-order valence-corrected chi connectivity index (χ2v) is 11.6. The number of nitrogens with two attached hydrogens (primary N) is 1. The molecule has 4 N–H and O–H groups in total. The van der Waals surface area contributed by atoms with E-state index in [1.54, 1.807) is 18.2 Å². The summed E-state index contributed by atoms with van der Waals surface area (Å²) in [7, 11) is 0. The van der Waals surface area contributed by atoms with Gasteiger partial charge in [-0.05, 0) is 76.5 Å². The number of nitrogens with one attached hydrogen (secondary N) is 2. The first kappa shape index (κ1) is 24.2. The molecule has 9 nitrogen and oxygen atoms in total. The number of carbonyl (C=O) groups is 3. The predicted octanol–water partition coefficient (Wildman–Crippen LogP) is 2.92. The van der Waals surface area contributed by atoms with Gasteiger partial charge in [0.25, 0.3) is 11.8 Å². The van der Waals surface area contributed by atoms with Gasteiger partial charge in [-0.15, -0.1) is 0 Å². The number of likely N-dealkylation sites (tertiary alicyclic amines) is 1. The zero-order valence-corrected chi connectivity index (χ0v) is 21.2. The number of Topliss-reactive ketones (excluding diaryl/α,β-unsaturated/α-hetero) is 1. The summed E-state index contributed by atoms with van der Waals surface area (Å²) in [4.78, 5) is 40.2. The molecule has 9 heteroatoms. The van der Waals surface area contributed by atoms with Gasteiger partial charge in [0.1, 0.15) is 11.4 Å². The van der Waals surface area contributed by atoms with Gasteiger partial charge in [0.15, 0.2) is 5.78 Å². The number of ketones is 1. The molecule has 3 aliphatic rings. The maximum atomic E-state index is 13.2. The van der Waals surface area contributed by atoms with Crippen LogP contribution in [0.5, 0.6) is 0 Å². The normalized spacial score (nSPS) is 19.2. The Kier molecular flexibility index (Phi) is 5.76. The molecule has 1 saturated heterocycles. The fourth-order valence-corrected chi connectivity index (χ4v) is 5.26. The largest absolute Gasteiger partial charge is 0.398 e. The lowest BCUT2D eigenvalue weighted by atomic mass is 9.67. The Balaban J connectivity index is 1.25. The van der Waals surface area contributed by atoms with E-state index in [1.165, 1.54) is 0 Å². The van der Waals surface area contributed by atoms with Crippen LogP contribution in [0.1, 0.15) is 84.8 Å². The average Bonchev–Trinajstić information content (AvgIpc) is 3.52. The summed E-state index contributed by atoms with van der Waals surface area (Å²) in [5.74, 6) is -0.473. The Hall–Kier alpha value is -3.49. The van der Waals surface area contributed by atoms with Crippen LogP contribution >= 0.6 is 0 Å². The Labute approximate surface area is 210 Å². The number of nitrogens with zero attached hydrogens (tertiary/aromatic N) is 3. The van der Waals surface area contributed by atoms with Gasteiger partial charge < -0.3 is 16.0 Å². The molecule has 2 aromatic rings. The minimum Gasteiger partial charge on any atom is -0.398 e. The molecule has 1 spiro atoms. The standard InChI is InChI=1S/C27H34N6O3/c1-26(2,3)33-15-17-13-27(14-21(34)23(17)31-33)8-10-32(11-9-27)25(36)16-4-7-19(20(28)12-16)22(29)24(35)30-18-5-6-18/h4,7,12,15,18,29H,5-6,8-11,13-14,28H2,1-3H3,(H,30,35). The molecular weight excluding hydrogens is 456 g/mol. The lowest BCUT2D eigenvalue weighted by Crippen LogP contribution is -2.46. The number of hydrogen-bond acceptors (Lipinski definition) is 6. The van der Waals surface area contributed by atoms with Crippen LogP contribution < -0.4 is 11.1 Å². The first-order chi connectivity index (χ1) is 17.0. The molecule has 2 heterocycles. The summed E-state index contributed by atoms with van der Waals surface area (Å²) >= 11 is 0. The summed E-state index contributed by atoms with van der Waals surface area (Å²) in [6, 6.07) is 4.92. The number of nitrogen functional groups attached to an aromatic ring is 1. The van der Waals surface area contributed by atoms with Crippen molar-refractivity contribution < 1.29 is 14.4 Å². The van der Waals surface area contributed by atoms with Crippen LogP contribution in [0.4, 0.5) is 5.69 Å². The topological polar surface area (TPSA) is 134 Å². The number of hydrogen-bond donors (Lipinski definition) is 3. The highest BCUT2D eigenvalue weighted by atomic mass is 16.2. The average molecular weight is 491 g/mol. The molecule has 0 radical (unpaired) electrons. The zero-order valence-electron chi connectivity index (χ0n) is 21.2. The van der Waals surface area contributed by atoms with Crippen molar-refractivity contribution in [3.05, 3.63) is 46.8 Å². The lowest BCUT2D eigenvalue weighted by Gasteiger charge is -2.43. The van der Waals surface area contributed by atoms with E-state index in [0.29, 0.717) is 36.3 Å². The summed E-state index contributed by atoms with van der Waals surface area (Å²) < 4.78 is 1.89. The van der Waals surface area contributed by atoms with Crippen LogP contribution in [-0.4, -0.2) is 57.1 Å². The number of rotatable bonds is 4. The van der Waals surface area contributed by atoms with E-state index < -0.39 is 5.91 Å². The van der Waals surface area contributed by atoms with Crippen molar-refractivity contribution in [3.8, 4) is 0 Å². The van der Waals surface area contributed by atoms with E-state index in [2.05, 4.69) is 31.2 Å².